The minimum Gasteiger partial charge on any atom is -0.481 e. The third kappa shape index (κ3) is 4.10. The molecule has 124 valence electrons. The molecule has 8 nitrogen and oxygen atoms in total. The van der Waals surface area contributed by atoms with Gasteiger partial charge in [0.25, 0.3) is 5.91 Å². The lowest BCUT2D eigenvalue weighted by Gasteiger charge is -2.08. The number of halogens is 1. The van der Waals surface area contributed by atoms with Gasteiger partial charge in [0.15, 0.2) is 0 Å². The number of carboxylic acid groups (broad SMARTS) is 1. The first-order valence-corrected chi connectivity index (χ1v) is 7.49. The van der Waals surface area contributed by atoms with Crippen LogP contribution in [0.25, 0.3) is 0 Å². The van der Waals surface area contributed by atoms with Gasteiger partial charge >= 0.3 is 5.97 Å². The SMILES string of the molecule is Cc1nn(CCNC(=O)c2ccnn2CCC(=O)O)c(C)c1Cl. The first kappa shape index (κ1) is 17.0. The molecule has 2 aromatic rings. The molecular formula is C14H18ClN5O3. The third-order valence-corrected chi connectivity index (χ3v) is 3.94. The van der Waals surface area contributed by atoms with Crippen LogP contribution in [-0.4, -0.2) is 43.1 Å². The highest BCUT2D eigenvalue weighted by atomic mass is 35.5. The lowest BCUT2D eigenvalue weighted by atomic mass is 10.3. The van der Waals surface area contributed by atoms with Gasteiger partial charge in [0, 0.05) is 12.7 Å². The molecule has 0 aromatic carbocycles. The Morgan fingerprint density at radius 3 is 2.65 bits per heavy atom. The number of nitrogens with one attached hydrogen (secondary N) is 1. The van der Waals surface area contributed by atoms with Gasteiger partial charge in [0.1, 0.15) is 5.69 Å². The summed E-state index contributed by atoms with van der Waals surface area (Å²) < 4.78 is 3.11. The Labute approximate surface area is 138 Å². The number of hydrogen-bond acceptors (Lipinski definition) is 4. The Bertz CT molecular complexity index is 722. The first-order chi connectivity index (χ1) is 10.9. The molecule has 0 unspecified atom stereocenters. The van der Waals surface area contributed by atoms with Crippen molar-refractivity contribution in [3.05, 3.63) is 34.4 Å². The van der Waals surface area contributed by atoms with Crippen molar-refractivity contribution in [1.82, 2.24) is 24.9 Å². The van der Waals surface area contributed by atoms with Crippen molar-refractivity contribution in [2.75, 3.05) is 6.54 Å². The summed E-state index contributed by atoms with van der Waals surface area (Å²) in [5.74, 6) is -1.24. The summed E-state index contributed by atoms with van der Waals surface area (Å²) in [4.78, 5) is 22.7. The molecule has 1 amide bonds. The Morgan fingerprint density at radius 2 is 2.04 bits per heavy atom. The maximum atomic E-state index is 12.1. The van der Waals surface area contributed by atoms with Crippen molar-refractivity contribution < 1.29 is 14.7 Å². The number of rotatable bonds is 7. The van der Waals surface area contributed by atoms with E-state index in [1.807, 2.05) is 13.8 Å². The van der Waals surface area contributed by atoms with E-state index in [-0.39, 0.29) is 18.9 Å². The van der Waals surface area contributed by atoms with E-state index >= 15 is 0 Å². The van der Waals surface area contributed by atoms with Gasteiger partial charge in [-0.05, 0) is 19.9 Å². The number of carbonyl (C=O) groups excluding carboxylic acids is 1. The number of aryl methyl sites for hydroxylation is 2. The summed E-state index contributed by atoms with van der Waals surface area (Å²) in [6, 6.07) is 1.55. The Balaban J connectivity index is 1.91. The van der Waals surface area contributed by atoms with Crippen molar-refractivity contribution in [3.8, 4) is 0 Å². The molecule has 0 atom stereocenters. The number of aliphatic carboxylic acids is 1. The number of carboxylic acids is 1. The summed E-state index contributed by atoms with van der Waals surface area (Å²) in [5, 5.41) is 20.3. The van der Waals surface area contributed by atoms with E-state index in [2.05, 4.69) is 15.5 Å². The molecule has 2 heterocycles. The van der Waals surface area contributed by atoms with E-state index in [1.165, 1.54) is 10.9 Å². The molecule has 9 heteroatoms. The molecule has 0 radical (unpaired) electrons. The van der Waals surface area contributed by atoms with E-state index in [1.54, 1.807) is 10.7 Å². The van der Waals surface area contributed by atoms with Crippen molar-refractivity contribution in [2.45, 2.75) is 33.4 Å². The number of carbonyl (C=O) groups is 2. The first-order valence-electron chi connectivity index (χ1n) is 7.11. The second-order valence-electron chi connectivity index (χ2n) is 5.05. The third-order valence-electron chi connectivity index (χ3n) is 3.39. The smallest absolute Gasteiger partial charge is 0.305 e. The molecule has 0 saturated carbocycles. The van der Waals surface area contributed by atoms with Crippen molar-refractivity contribution >= 4 is 23.5 Å². The summed E-state index contributed by atoms with van der Waals surface area (Å²) in [7, 11) is 0. The summed E-state index contributed by atoms with van der Waals surface area (Å²) in [6.07, 6.45) is 1.38. The van der Waals surface area contributed by atoms with Gasteiger partial charge in [-0.15, -0.1) is 0 Å². The quantitative estimate of drug-likeness (QED) is 0.790. The van der Waals surface area contributed by atoms with Gasteiger partial charge in [-0.25, -0.2) is 0 Å². The average Bonchev–Trinajstić information content (AvgIpc) is 3.06. The zero-order valence-electron chi connectivity index (χ0n) is 12.9. The second-order valence-corrected chi connectivity index (χ2v) is 5.43. The lowest BCUT2D eigenvalue weighted by Crippen LogP contribution is -2.30. The van der Waals surface area contributed by atoms with E-state index in [4.69, 9.17) is 16.7 Å². The highest BCUT2D eigenvalue weighted by molar-refractivity contribution is 6.31. The second kappa shape index (κ2) is 7.28. The molecule has 2 aromatic heterocycles. The summed E-state index contributed by atoms with van der Waals surface area (Å²) in [5.41, 5.74) is 1.94. The zero-order valence-corrected chi connectivity index (χ0v) is 13.7. The fourth-order valence-corrected chi connectivity index (χ4v) is 2.30. The van der Waals surface area contributed by atoms with Gasteiger partial charge in [0.2, 0.25) is 0 Å². The Morgan fingerprint density at radius 1 is 1.30 bits per heavy atom. The van der Waals surface area contributed by atoms with Gasteiger partial charge in [-0.1, -0.05) is 11.6 Å². The van der Waals surface area contributed by atoms with Crippen LogP contribution in [0.3, 0.4) is 0 Å². The molecule has 0 saturated heterocycles. The van der Waals surface area contributed by atoms with E-state index in [9.17, 15) is 9.59 Å². The topological polar surface area (TPSA) is 102 Å². The number of amides is 1. The van der Waals surface area contributed by atoms with Gasteiger partial charge < -0.3 is 10.4 Å². The normalized spacial score (nSPS) is 10.7. The molecular weight excluding hydrogens is 322 g/mol. The molecule has 0 aliphatic carbocycles. The molecule has 0 bridgehead atoms. The minimum absolute atomic E-state index is 0.0911. The minimum atomic E-state index is -0.937. The highest BCUT2D eigenvalue weighted by Crippen LogP contribution is 2.18. The van der Waals surface area contributed by atoms with Crippen LogP contribution in [-0.2, 0) is 17.9 Å². The molecule has 0 fully saturated rings. The van der Waals surface area contributed by atoms with Crippen molar-refractivity contribution in [1.29, 1.82) is 0 Å². The van der Waals surface area contributed by atoms with Crippen molar-refractivity contribution in [2.24, 2.45) is 0 Å². The Kier molecular flexibility index (Phi) is 5.38. The average molecular weight is 340 g/mol. The fraction of sp³-hybridized carbons (Fsp3) is 0.429. The summed E-state index contributed by atoms with van der Waals surface area (Å²) in [6.45, 7) is 4.71. The van der Waals surface area contributed by atoms with E-state index in [0.29, 0.717) is 23.8 Å². The van der Waals surface area contributed by atoms with Gasteiger partial charge in [-0.3, -0.25) is 19.0 Å². The monoisotopic (exact) mass is 339 g/mol. The van der Waals surface area contributed by atoms with Gasteiger partial charge in [0.05, 0.1) is 35.9 Å². The van der Waals surface area contributed by atoms with Crippen LogP contribution in [0.5, 0.6) is 0 Å². The van der Waals surface area contributed by atoms with Crippen LogP contribution in [0, 0.1) is 13.8 Å². The van der Waals surface area contributed by atoms with Crippen LogP contribution in [0.4, 0.5) is 0 Å². The lowest BCUT2D eigenvalue weighted by molar-refractivity contribution is -0.137. The number of nitrogens with zero attached hydrogens (tertiary/aromatic N) is 4. The molecule has 0 aliphatic heterocycles. The van der Waals surface area contributed by atoms with Crippen LogP contribution in [0.1, 0.15) is 28.3 Å². The van der Waals surface area contributed by atoms with Crippen LogP contribution >= 0.6 is 11.6 Å². The number of aromatic nitrogens is 4. The zero-order chi connectivity index (χ0) is 17.0. The maximum absolute atomic E-state index is 12.1. The maximum Gasteiger partial charge on any atom is 0.305 e. The molecule has 23 heavy (non-hydrogen) atoms. The van der Waals surface area contributed by atoms with E-state index < -0.39 is 5.97 Å². The van der Waals surface area contributed by atoms with E-state index in [0.717, 1.165) is 11.4 Å². The number of hydrogen-bond donors (Lipinski definition) is 2. The summed E-state index contributed by atoms with van der Waals surface area (Å²) >= 11 is 6.07. The van der Waals surface area contributed by atoms with Crippen molar-refractivity contribution in [3.63, 3.8) is 0 Å². The molecule has 2 rings (SSSR count). The Hall–Kier alpha value is -2.35. The van der Waals surface area contributed by atoms with Crippen LogP contribution in [0.15, 0.2) is 12.3 Å². The predicted molar refractivity (Wildman–Crippen MR) is 83.5 cm³/mol. The van der Waals surface area contributed by atoms with Crippen LogP contribution < -0.4 is 5.32 Å². The van der Waals surface area contributed by atoms with Gasteiger partial charge in [-0.2, -0.15) is 10.2 Å². The fourth-order valence-electron chi connectivity index (χ4n) is 2.16. The highest BCUT2D eigenvalue weighted by Gasteiger charge is 2.13. The molecule has 2 N–H and O–H groups in total. The predicted octanol–water partition coefficient (Wildman–Crippen LogP) is 1.25. The molecule has 0 aliphatic rings. The largest absolute Gasteiger partial charge is 0.481 e. The van der Waals surface area contributed by atoms with Crippen LogP contribution in [0.2, 0.25) is 5.02 Å². The standard InChI is InChI=1S/C14H18ClN5O3/c1-9-13(15)10(2)19(18-9)8-6-16-14(23)11-3-5-17-20(11)7-4-12(21)22/h3,5H,4,6-8H2,1-2H3,(H,16,23)(H,21,22). The molecule has 0 spiro atoms.